The third kappa shape index (κ3) is 4.76. The molecule has 4 nitrogen and oxygen atoms in total. The third-order valence-corrected chi connectivity index (χ3v) is 5.95. The highest BCUT2D eigenvalue weighted by Gasteiger charge is 2.28. The lowest BCUT2D eigenvalue weighted by molar-refractivity contribution is -0.136. The number of rotatable bonds is 8. The van der Waals surface area contributed by atoms with Gasteiger partial charge in [0.2, 0.25) is 0 Å². The molecular formula is C26H28O4. The van der Waals surface area contributed by atoms with Gasteiger partial charge < -0.3 is 14.6 Å². The van der Waals surface area contributed by atoms with Gasteiger partial charge in [0.15, 0.2) is 0 Å². The second-order valence-corrected chi connectivity index (χ2v) is 8.12. The molecule has 2 aliphatic carbocycles. The molecule has 2 aromatic carbocycles. The van der Waals surface area contributed by atoms with Crippen LogP contribution in [0.5, 0.6) is 5.75 Å². The lowest BCUT2D eigenvalue weighted by Gasteiger charge is -2.24. The maximum Gasteiger partial charge on any atom is 0.303 e. The van der Waals surface area contributed by atoms with Gasteiger partial charge in [-0.2, -0.15) is 0 Å². The van der Waals surface area contributed by atoms with Crippen molar-refractivity contribution < 1.29 is 19.4 Å². The number of fused-ring (bicyclic) bond motifs is 1. The number of carboxylic acid groups (broad SMARTS) is 1. The molecule has 4 rings (SSSR count). The van der Waals surface area contributed by atoms with E-state index in [4.69, 9.17) is 14.6 Å². The summed E-state index contributed by atoms with van der Waals surface area (Å²) in [7, 11) is 0. The fourth-order valence-corrected chi connectivity index (χ4v) is 4.29. The number of hydrogen-bond acceptors (Lipinski definition) is 3. The summed E-state index contributed by atoms with van der Waals surface area (Å²) in [5.41, 5.74) is 4.82. The van der Waals surface area contributed by atoms with Crippen LogP contribution in [-0.4, -0.2) is 11.1 Å². The second-order valence-electron chi connectivity index (χ2n) is 8.12. The number of hydrogen-bond donors (Lipinski definition) is 1. The van der Waals surface area contributed by atoms with Crippen LogP contribution in [-0.2, 0) is 22.6 Å². The largest absolute Gasteiger partial charge is 0.490 e. The molecule has 0 bridgehead atoms. The molecule has 0 aliphatic heterocycles. The first kappa shape index (κ1) is 20.3. The normalized spacial score (nSPS) is 20.2. The number of ether oxygens (including phenoxy) is 2. The zero-order valence-corrected chi connectivity index (χ0v) is 17.3. The molecule has 0 fully saturated rings. The van der Waals surface area contributed by atoms with Crippen LogP contribution in [0.25, 0.3) is 0 Å². The molecule has 4 heteroatoms. The minimum atomic E-state index is -0.748. The van der Waals surface area contributed by atoms with Gasteiger partial charge >= 0.3 is 5.97 Å². The van der Waals surface area contributed by atoms with Crippen molar-refractivity contribution in [2.75, 3.05) is 0 Å². The SMILES string of the molecule is CC1CC(OC2CCc3c(OCc4ccccc4)cccc32)=CC=C1CCC(=O)O. The van der Waals surface area contributed by atoms with Crippen LogP contribution in [0.4, 0.5) is 0 Å². The van der Waals surface area contributed by atoms with E-state index in [9.17, 15) is 4.79 Å². The van der Waals surface area contributed by atoms with Gasteiger partial charge in [-0.05, 0) is 48.4 Å². The maximum absolute atomic E-state index is 10.8. The lowest BCUT2D eigenvalue weighted by Crippen LogP contribution is -2.11. The summed E-state index contributed by atoms with van der Waals surface area (Å²) in [4.78, 5) is 10.8. The zero-order chi connectivity index (χ0) is 20.9. The van der Waals surface area contributed by atoms with Gasteiger partial charge in [0.25, 0.3) is 0 Å². The van der Waals surface area contributed by atoms with Gasteiger partial charge in [-0.3, -0.25) is 4.79 Å². The molecule has 2 aliphatic rings. The van der Waals surface area contributed by atoms with Crippen LogP contribution >= 0.6 is 0 Å². The quantitative estimate of drug-likeness (QED) is 0.588. The Kier molecular flexibility index (Phi) is 6.22. The maximum atomic E-state index is 10.8. The zero-order valence-electron chi connectivity index (χ0n) is 17.3. The van der Waals surface area contributed by atoms with Gasteiger partial charge in [0.1, 0.15) is 18.5 Å². The molecule has 0 saturated heterocycles. The van der Waals surface area contributed by atoms with Crippen molar-refractivity contribution in [2.45, 2.75) is 51.7 Å². The first-order valence-electron chi connectivity index (χ1n) is 10.7. The Bertz CT molecular complexity index is 958. The standard InChI is InChI=1S/C26H28O4/c1-18-16-21(12-10-20(18)11-15-26(27)28)30-25-14-13-23-22(25)8-5-9-24(23)29-17-19-6-3-2-4-7-19/h2-10,12,18,25H,11,13-17H2,1H3,(H,27,28). The number of aliphatic carboxylic acids is 1. The van der Waals surface area contributed by atoms with Crippen LogP contribution in [0.15, 0.2) is 72.0 Å². The van der Waals surface area contributed by atoms with Crippen LogP contribution in [0.3, 0.4) is 0 Å². The Labute approximate surface area is 177 Å². The first-order valence-corrected chi connectivity index (χ1v) is 10.7. The molecule has 0 heterocycles. The van der Waals surface area contributed by atoms with Gasteiger partial charge in [0, 0.05) is 18.4 Å². The first-order chi connectivity index (χ1) is 14.6. The summed E-state index contributed by atoms with van der Waals surface area (Å²) in [5, 5.41) is 8.91. The van der Waals surface area contributed by atoms with Crippen molar-refractivity contribution in [2.24, 2.45) is 5.92 Å². The van der Waals surface area contributed by atoms with E-state index in [1.807, 2.05) is 42.5 Å². The Morgan fingerprint density at radius 1 is 1.10 bits per heavy atom. The number of benzene rings is 2. The van der Waals surface area contributed by atoms with Crippen molar-refractivity contribution in [1.29, 1.82) is 0 Å². The fourth-order valence-electron chi connectivity index (χ4n) is 4.29. The minimum absolute atomic E-state index is 0.0488. The topological polar surface area (TPSA) is 55.8 Å². The summed E-state index contributed by atoms with van der Waals surface area (Å²) in [6.45, 7) is 2.71. The average molecular weight is 405 g/mol. The summed E-state index contributed by atoms with van der Waals surface area (Å²) in [5.74, 6) is 1.49. The monoisotopic (exact) mass is 404 g/mol. The van der Waals surface area contributed by atoms with E-state index in [0.717, 1.165) is 36.3 Å². The van der Waals surface area contributed by atoms with Crippen LogP contribution in [0.1, 0.15) is 55.4 Å². The van der Waals surface area contributed by atoms with Crippen molar-refractivity contribution >= 4 is 5.97 Å². The van der Waals surface area contributed by atoms with Crippen molar-refractivity contribution in [3.05, 3.63) is 88.7 Å². The number of carbonyl (C=O) groups is 1. The summed E-state index contributed by atoms with van der Waals surface area (Å²) in [6.07, 6.45) is 7.62. The van der Waals surface area contributed by atoms with E-state index in [2.05, 4.69) is 25.1 Å². The molecule has 0 aromatic heterocycles. The predicted molar refractivity (Wildman–Crippen MR) is 116 cm³/mol. The van der Waals surface area contributed by atoms with Crippen LogP contribution in [0, 0.1) is 5.92 Å². The molecule has 0 amide bonds. The molecule has 2 unspecified atom stereocenters. The van der Waals surface area contributed by atoms with Crippen LogP contribution in [0.2, 0.25) is 0 Å². The highest BCUT2D eigenvalue weighted by molar-refractivity contribution is 5.67. The number of carboxylic acids is 1. The Morgan fingerprint density at radius 2 is 1.93 bits per heavy atom. The second kappa shape index (κ2) is 9.21. The van der Waals surface area contributed by atoms with Gasteiger partial charge in [-0.15, -0.1) is 0 Å². The van der Waals surface area contributed by atoms with E-state index in [-0.39, 0.29) is 12.5 Å². The molecule has 2 aromatic rings. The molecule has 30 heavy (non-hydrogen) atoms. The smallest absolute Gasteiger partial charge is 0.303 e. The molecule has 1 N–H and O–H groups in total. The van der Waals surface area contributed by atoms with E-state index < -0.39 is 5.97 Å². The van der Waals surface area contributed by atoms with E-state index in [0.29, 0.717) is 18.9 Å². The minimum Gasteiger partial charge on any atom is -0.490 e. The molecule has 156 valence electrons. The van der Waals surface area contributed by atoms with E-state index in [1.54, 1.807) is 0 Å². The summed E-state index contributed by atoms with van der Waals surface area (Å²) in [6, 6.07) is 16.4. The van der Waals surface area contributed by atoms with Crippen LogP contribution < -0.4 is 4.74 Å². The Hall–Kier alpha value is -3.01. The Balaban J connectivity index is 1.42. The average Bonchev–Trinajstić information content (AvgIpc) is 3.16. The van der Waals surface area contributed by atoms with Gasteiger partial charge in [0.05, 0.1) is 5.76 Å². The van der Waals surface area contributed by atoms with Crippen molar-refractivity contribution in [3.63, 3.8) is 0 Å². The van der Waals surface area contributed by atoms with E-state index >= 15 is 0 Å². The lowest BCUT2D eigenvalue weighted by atomic mass is 9.89. The molecule has 0 radical (unpaired) electrons. The molecular weight excluding hydrogens is 376 g/mol. The highest BCUT2D eigenvalue weighted by atomic mass is 16.5. The van der Waals surface area contributed by atoms with E-state index in [1.165, 1.54) is 16.7 Å². The molecule has 0 spiro atoms. The Morgan fingerprint density at radius 3 is 2.70 bits per heavy atom. The van der Waals surface area contributed by atoms with Gasteiger partial charge in [-0.25, -0.2) is 0 Å². The summed E-state index contributed by atoms with van der Waals surface area (Å²) < 4.78 is 12.5. The third-order valence-electron chi connectivity index (χ3n) is 5.95. The highest BCUT2D eigenvalue weighted by Crippen LogP contribution is 2.41. The molecule has 2 atom stereocenters. The fraction of sp³-hybridized carbons (Fsp3) is 0.346. The van der Waals surface area contributed by atoms with Crippen molar-refractivity contribution in [3.8, 4) is 5.75 Å². The van der Waals surface area contributed by atoms with Crippen molar-refractivity contribution in [1.82, 2.24) is 0 Å². The summed E-state index contributed by atoms with van der Waals surface area (Å²) >= 11 is 0. The predicted octanol–water partition coefficient (Wildman–Crippen LogP) is 5.98. The number of allylic oxidation sites excluding steroid dienone is 4. The van der Waals surface area contributed by atoms with Gasteiger partial charge in [-0.1, -0.05) is 61.0 Å². The molecule has 0 saturated carbocycles.